The minimum atomic E-state index is -1.03. The van der Waals surface area contributed by atoms with Crippen LogP contribution in [0.3, 0.4) is 0 Å². The number of hydrogen-bond donors (Lipinski definition) is 4. The zero-order valence-electron chi connectivity index (χ0n) is 19.2. The number of aliphatic carboxylic acids is 1. The zero-order valence-corrected chi connectivity index (χ0v) is 19.2. The van der Waals surface area contributed by atoms with Gasteiger partial charge in [0.25, 0.3) is 0 Å². The number of imidazole rings is 1. The third kappa shape index (κ3) is 5.87. The van der Waals surface area contributed by atoms with Crippen molar-refractivity contribution in [3.63, 3.8) is 0 Å². The van der Waals surface area contributed by atoms with Gasteiger partial charge in [-0.25, -0.2) is 9.78 Å². The van der Waals surface area contributed by atoms with Crippen LogP contribution in [-0.4, -0.2) is 55.5 Å². The Morgan fingerprint density at radius 1 is 1.34 bits per heavy atom. The SMILES string of the molecule is COc1cc(/C=C/C(=O)O)ccc1[O-].Nc1nc(NC2CC2)c2ncn([C@H]3C=C[C@@H](CO)C3)c2n1. The van der Waals surface area contributed by atoms with E-state index >= 15 is 0 Å². The number of nitrogens with zero attached hydrogens (tertiary/aromatic N) is 4. The lowest BCUT2D eigenvalue weighted by Gasteiger charge is -2.13. The van der Waals surface area contributed by atoms with Crippen LogP contribution in [0.5, 0.6) is 11.5 Å². The van der Waals surface area contributed by atoms with Crippen molar-refractivity contribution in [2.24, 2.45) is 5.92 Å². The Kier molecular flexibility index (Phi) is 7.16. The summed E-state index contributed by atoms with van der Waals surface area (Å²) in [4.78, 5) is 23.3. The standard InChI is InChI=1S/C14H18N6O.C10H10O4/c15-14-18-12(17-9-2-3-9)11-13(19-14)20(7-16-11)10-4-1-8(5-10)6-21;1-14-9-6-7(2-4-8(9)11)3-5-10(12)13/h1,4,7-10,21H,2-3,5-6H2,(H3,15,17,18,19);2-6,11H,1H3,(H,12,13)/p-1/b;5-3+/t8-,10+;/m1./s1. The minimum absolute atomic E-state index is 0.162. The third-order valence-electron chi connectivity index (χ3n) is 5.70. The number of carbonyl (C=O) groups is 1. The molecule has 0 aliphatic heterocycles. The van der Waals surface area contributed by atoms with Crippen molar-refractivity contribution in [1.29, 1.82) is 0 Å². The highest BCUT2D eigenvalue weighted by Gasteiger charge is 2.26. The second-order valence-corrected chi connectivity index (χ2v) is 8.39. The van der Waals surface area contributed by atoms with Gasteiger partial charge in [0, 0.05) is 24.6 Å². The first kappa shape index (κ1) is 24.0. The monoisotopic (exact) mass is 479 g/mol. The van der Waals surface area contributed by atoms with Crippen molar-refractivity contribution >= 4 is 35.0 Å². The summed E-state index contributed by atoms with van der Waals surface area (Å²) in [7, 11) is 1.39. The van der Waals surface area contributed by atoms with Gasteiger partial charge in [-0.3, -0.25) is 0 Å². The number of aliphatic hydroxyl groups is 1. The van der Waals surface area contributed by atoms with Gasteiger partial charge in [0.1, 0.15) is 5.75 Å². The van der Waals surface area contributed by atoms with Gasteiger partial charge in [-0.2, -0.15) is 9.97 Å². The molecule has 184 valence electrons. The molecule has 2 aliphatic rings. The number of rotatable bonds is 7. The van der Waals surface area contributed by atoms with Gasteiger partial charge >= 0.3 is 5.97 Å². The summed E-state index contributed by atoms with van der Waals surface area (Å²) >= 11 is 0. The number of carboxylic acids is 1. The van der Waals surface area contributed by atoms with Crippen molar-refractivity contribution in [2.45, 2.75) is 31.3 Å². The molecule has 2 heterocycles. The Morgan fingerprint density at radius 3 is 2.80 bits per heavy atom. The molecule has 2 aliphatic carbocycles. The molecular formula is C24H27N6O5-. The van der Waals surface area contributed by atoms with E-state index in [1.807, 2.05) is 10.6 Å². The smallest absolute Gasteiger partial charge is 0.328 e. The molecule has 2 atom stereocenters. The number of carboxylic acid groups (broad SMARTS) is 1. The van der Waals surface area contributed by atoms with Gasteiger partial charge < -0.3 is 35.7 Å². The van der Waals surface area contributed by atoms with Crippen LogP contribution in [-0.2, 0) is 4.79 Å². The minimum Gasteiger partial charge on any atom is -0.870 e. The van der Waals surface area contributed by atoms with Gasteiger partial charge in [0.2, 0.25) is 5.95 Å². The fourth-order valence-corrected chi connectivity index (χ4v) is 3.75. The van der Waals surface area contributed by atoms with Crippen LogP contribution in [0.15, 0.2) is 42.8 Å². The fraction of sp³-hybridized carbons (Fsp3) is 0.333. The van der Waals surface area contributed by atoms with E-state index in [1.54, 1.807) is 6.33 Å². The number of nitrogens with two attached hydrogens (primary N) is 1. The first-order valence-electron chi connectivity index (χ1n) is 11.2. The zero-order chi connectivity index (χ0) is 24.9. The lowest BCUT2D eigenvalue weighted by Crippen LogP contribution is -2.10. The van der Waals surface area contributed by atoms with Crippen LogP contribution in [0.2, 0.25) is 0 Å². The molecule has 0 spiro atoms. The molecule has 11 heteroatoms. The number of aromatic nitrogens is 4. The van der Waals surface area contributed by atoms with Crippen LogP contribution >= 0.6 is 0 Å². The molecule has 35 heavy (non-hydrogen) atoms. The number of hydrogen-bond acceptors (Lipinski definition) is 9. The average Bonchev–Trinajstić information content (AvgIpc) is 3.35. The third-order valence-corrected chi connectivity index (χ3v) is 5.70. The predicted molar refractivity (Wildman–Crippen MR) is 129 cm³/mol. The number of aliphatic hydroxyl groups excluding tert-OH is 1. The van der Waals surface area contributed by atoms with Gasteiger partial charge in [-0.1, -0.05) is 30.0 Å². The lowest BCUT2D eigenvalue weighted by molar-refractivity contribution is -0.270. The van der Waals surface area contributed by atoms with Gasteiger partial charge in [-0.15, -0.1) is 0 Å². The summed E-state index contributed by atoms with van der Waals surface area (Å²) in [5.74, 6) is 0.135. The summed E-state index contributed by atoms with van der Waals surface area (Å²) in [6.07, 6.45) is 11.5. The number of allylic oxidation sites excluding steroid dienone is 1. The first-order chi connectivity index (χ1) is 16.9. The van der Waals surface area contributed by atoms with Gasteiger partial charge in [-0.05, 0) is 37.0 Å². The van der Waals surface area contributed by atoms with E-state index in [2.05, 4.69) is 26.3 Å². The van der Waals surface area contributed by atoms with Crippen LogP contribution in [0, 0.1) is 5.92 Å². The van der Waals surface area contributed by atoms with E-state index in [0.717, 1.165) is 42.3 Å². The second kappa shape index (κ2) is 10.4. The quantitative estimate of drug-likeness (QED) is 0.290. The summed E-state index contributed by atoms with van der Waals surface area (Å²) in [5.41, 5.74) is 7.96. The van der Waals surface area contributed by atoms with Crippen LogP contribution in [0.1, 0.15) is 30.9 Å². The molecule has 11 nitrogen and oxygen atoms in total. The summed E-state index contributed by atoms with van der Waals surface area (Å²) in [6.45, 7) is 0.172. The van der Waals surface area contributed by atoms with E-state index < -0.39 is 5.97 Å². The van der Waals surface area contributed by atoms with Crippen molar-refractivity contribution in [3.8, 4) is 11.5 Å². The molecule has 3 aromatic rings. The van der Waals surface area contributed by atoms with Crippen LogP contribution in [0.4, 0.5) is 11.8 Å². The largest absolute Gasteiger partial charge is 0.870 e. The molecule has 0 unspecified atom stereocenters. The van der Waals surface area contributed by atoms with Crippen molar-refractivity contribution in [3.05, 3.63) is 48.3 Å². The molecular weight excluding hydrogens is 452 g/mol. The molecule has 1 fully saturated rings. The fourth-order valence-electron chi connectivity index (χ4n) is 3.75. The molecule has 1 saturated carbocycles. The van der Waals surface area contributed by atoms with Crippen molar-refractivity contribution < 1.29 is 24.9 Å². The summed E-state index contributed by atoms with van der Waals surface area (Å²) in [6, 6.07) is 5.00. The Labute approximate surface area is 201 Å². The maximum absolute atomic E-state index is 11.1. The Bertz CT molecular complexity index is 1270. The number of anilines is 2. The molecule has 5 rings (SSSR count). The number of ether oxygens (including phenoxy) is 1. The number of methoxy groups -OCH3 is 1. The highest BCUT2D eigenvalue weighted by atomic mass is 16.5. The highest BCUT2D eigenvalue weighted by molar-refractivity contribution is 5.85. The van der Waals surface area contributed by atoms with E-state index in [-0.39, 0.29) is 36.0 Å². The molecule has 0 bridgehead atoms. The second-order valence-electron chi connectivity index (χ2n) is 8.39. The molecule has 1 aromatic carbocycles. The molecule has 0 amide bonds. The number of benzene rings is 1. The van der Waals surface area contributed by atoms with Gasteiger partial charge in [0.05, 0.1) is 19.5 Å². The summed E-state index contributed by atoms with van der Waals surface area (Å²) < 4.78 is 6.81. The number of fused-ring (bicyclic) bond motifs is 1. The molecule has 5 N–H and O–H groups in total. The molecule has 2 aromatic heterocycles. The Morgan fingerprint density at radius 2 is 2.14 bits per heavy atom. The van der Waals surface area contributed by atoms with Crippen LogP contribution in [0.25, 0.3) is 17.2 Å². The van der Waals surface area contributed by atoms with Gasteiger partial charge in [0.15, 0.2) is 17.0 Å². The van der Waals surface area contributed by atoms with E-state index in [1.165, 1.54) is 31.4 Å². The summed E-state index contributed by atoms with van der Waals surface area (Å²) in [5, 5.41) is 32.1. The highest BCUT2D eigenvalue weighted by Crippen LogP contribution is 2.32. The lowest BCUT2D eigenvalue weighted by atomic mass is 10.1. The van der Waals surface area contributed by atoms with E-state index in [0.29, 0.717) is 11.6 Å². The van der Waals surface area contributed by atoms with E-state index in [9.17, 15) is 15.0 Å². The molecule has 0 radical (unpaired) electrons. The normalized spacial score (nSPS) is 19.0. The number of nitrogens with one attached hydrogen (secondary N) is 1. The topological polar surface area (TPSA) is 171 Å². The Hall–Kier alpha value is -4.12. The predicted octanol–water partition coefficient (Wildman–Crippen LogP) is 1.96. The average molecular weight is 480 g/mol. The van der Waals surface area contributed by atoms with Crippen molar-refractivity contribution in [2.75, 3.05) is 24.8 Å². The maximum atomic E-state index is 11.1. The van der Waals surface area contributed by atoms with E-state index in [4.69, 9.17) is 15.6 Å². The van der Waals surface area contributed by atoms with Crippen molar-refractivity contribution in [1.82, 2.24) is 19.5 Å². The maximum Gasteiger partial charge on any atom is 0.328 e. The van der Waals surface area contributed by atoms with Crippen LogP contribution < -0.4 is 20.9 Å². The number of nitrogen functional groups attached to an aromatic ring is 1. The Balaban J connectivity index is 0.000000181. The molecule has 0 saturated heterocycles. The first-order valence-corrected chi connectivity index (χ1v) is 11.2.